The van der Waals surface area contributed by atoms with Gasteiger partial charge in [0.2, 0.25) is 5.91 Å². The molecule has 0 atom stereocenters. The van der Waals surface area contributed by atoms with Crippen LogP contribution < -0.4 is 5.32 Å². The smallest absolute Gasteiger partial charge is 0.224 e. The van der Waals surface area contributed by atoms with E-state index in [0.29, 0.717) is 28.9 Å². The molecule has 0 saturated heterocycles. The van der Waals surface area contributed by atoms with E-state index >= 15 is 0 Å². The van der Waals surface area contributed by atoms with Crippen molar-refractivity contribution < 1.29 is 9.18 Å². The van der Waals surface area contributed by atoms with Crippen molar-refractivity contribution >= 4 is 39.1 Å². The van der Waals surface area contributed by atoms with Crippen LogP contribution in [-0.2, 0) is 4.79 Å². The second kappa shape index (κ2) is 6.08. The Morgan fingerprint density at radius 3 is 2.87 bits per heavy atom. The number of halogens is 3. The molecule has 0 fully saturated rings. The van der Waals surface area contributed by atoms with E-state index in [2.05, 4.69) is 21.2 Å². The third-order valence-corrected chi connectivity index (χ3v) is 2.67. The first-order chi connectivity index (χ1) is 7.13. The van der Waals surface area contributed by atoms with Crippen LogP contribution in [0.15, 0.2) is 22.7 Å². The van der Waals surface area contributed by atoms with Crippen LogP contribution in [0.3, 0.4) is 0 Å². The van der Waals surface area contributed by atoms with Gasteiger partial charge in [0.15, 0.2) is 0 Å². The summed E-state index contributed by atoms with van der Waals surface area (Å²) in [5.74, 6) is -0.0125. The number of anilines is 1. The van der Waals surface area contributed by atoms with E-state index in [-0.39, 0.29) is 11.7 Å². The molecule has 1 amide bonds. The van der Waals surface area contributed by atoms with E-state index in [1.165, 1.54) is 18.2 Å². The minimum absolute atomic E-state index is 0.122. The zero-order valence-electron chi connectivity index (χ0n) is 7.90. The zero-order chi connectivity index (χ0) is 11.3. The fraction of sp³-hybridized carbons (Fsp3) is 0.300. The summed E-state index contributed by atoms with van der Waals surface area (Å²) in [7, 11) is 0. The molecule has 0 aromatic heterocycles. The molecule has 15 heavy (non-hydrogen) atoms. The standard InChI is InChI=1S/C10H10BrClFNO/c11-8-6-7(13)3-4-9(8)14-10(15)2-1-5-12/h3-4,6H,1-2,5H2,(H,14,15). The maximum Gasteiger partial charge on any atom is 0.224 e. The SMILES string of the molecule is O=C(CCCCl)Nc1ccc(F)cc1Br. The van der Waals surface area contributed by atoms with Crippen molar-refractivity contribution in [2.75, 3.05) is 11.2 Å². The van der Waals surface area contributed by atoms with Crippen molar-refractivity contribution in [1.82, 2.24) is 0 Å². The van der Waals surface area contributed by atoms with E-state index in [1.807, 2.05) is 0 Å². The fourth-order valence-corrected chi connectivity index (χ4v) is 1.61. The van der Waals surface area contributed by atoms with Gasteiger partial charge in [0.25, 0.3) is 0 Å². The van der Waals surface area contributed by atoms with Crippen LogP contribution in [0.1, 0.15) is 12.8 Å². The molecule has 82 valence electrons. The second-order valence-electron chi connectivity index (χ2n) is 2.96. The van der Waals surface area contributed by atoms with E-state index in [1.54, 1.807) is 0 Å². The Labute approximate surface area is 101 Å². The van der Waals surface area contributed by atoms with Gasteiger partial charge in [0.05, 0.1) is 5.69 Å². The highest BCUT2D eigenvalue weighted by molar-refractivity contribution is 9.10. The Morgan fingerprint density at radius 2 is 2.27 bits per heavy atom. The molecule has 5 heteroatoms. The molecule has 0 bridgehead atoms. The first-order valence-electron chi connectivity index (χ1n) is 4.44. The number of carbonyl (C=O) groups excluding carboxylic acids is 1. The minimum Gasteiger partial charge on any atom is -0.325 e. The molecule has 1 aromatic rings. The highest BCUT2D eigenvalue weighted by Crippen LogP contribution is 2.23. The predicted molar refractivity (Wildman–Crippen MR) is 62.7 cm³/mol. The lowest BCUT2D eigenvalue weighted by molar-refractivity contribution is -0.116. The average Bonchev–Trinajstić information content (AvgIpc) is 2.19. The van der Waals surface area contributed by atoms with Crippen LogP contribution in [0.4, 0.5) is 10.1 Å². The zero-order valence-corrected chi connectivity index (χ0v) is 10.2. The molecule has 0 saturated carbocycles. The summed E-state index contributed by atoms with van der Waals surface area (Å²) < 4.78 is 13.3. The topological polar surface area (TPSA) is 29.1 Å². The number of rotatable bonds is 4. The molecule has 0 aliphatic carbocycles. The quantitative estimate of drug-likeness (QED) is 0.846. The van der Waals surface area contributed by atoms with Crippen LogP contribution in [0.25, 0.3) is 0 Å². The maximum absolute atomic E-state index is 12.7. The summed E-state index contributed by atoms with van der Waals surface area (Å²) >= 11 is 8.62. The molecule has 0 spiro atoms. The summed E-state index contributed by atoms with van der Waals surface area (Å²) in [4.78, 5) is 11.3. The third-order valence-electron chi connectivity index (χ3n) is 1.74. The van der Waals surface area contributed by atoms with E-state index in [9.17, 15) is 9.18 Å². The predicted octanol–water partition coefficient (Wildman–Crippen LogP) is 3.55. The molecule has 0 aliphatic rings. The first-order valence-corrected chi connectivity index (χ1v) is 5.77. The largest absolute Gasteiger partial charge is 0.325 e. The number of alkyl halides is 1. The molecule has 0 radical (unpaired) electrons. The number of nitrogens with one attached hydrogen (secondary N) is 1. The van der Waals surface area contributed by atoms with Gasteiger partial charge in [-0.1, -0.05) is 0 Å². The summed E-state index contributed by atoms with van der Waals surface area (Å²) in [5, 5.41) is 2.66. The molecule has 1 N–H and O–H groups in total. The van der Waals surface area contributed by atoms with E-state index in [0.717, 1.165) is 0 Å². The lowest BCUT2D eigenvalue weighted by Gasteiger charge is -2.06. The van der Waals surface area contributed by atoms with Gasteiger partial charge in [0, 0.05) is 16.8 Å². The monoisotopic (exact) mass is 293 g/mol. The van der Waals surface area contributed by atoms with Gasteiger partial charge in [0.1, 0.15) is 5.82 Å². The lowest BCUT2D eigenvalue weighted by atomic mass is 10.3. The molecule has 1 rings (SSSR count). The molecular formula is C10H10BrClFNO. The van der Waals surface area contributed by atoms with Crippen molar-refractivity contribution in [1.29, 1.82) is 0 Å². The molecule has 1 aromatic carbocycles. The van der Waals surface area contributed by atoms with Crippen molar-refractivity contribution in [2.24, 2.45) is 0 Å². The van der Waals surface area contributed by atoms with E-state index < -0.39 is 0 Å². The highest BCUT2D eigenvalue weighted by Gasteiger charge is 2.05. The number of hydrogen-bond donors (Lipinski definition) is 1. The Bertz CT molecular complexity index is 359. The van der Waals surface area contributed by atoms with Gasteiger partial charge in [-0.25, -0.2) is 4.39 Å². The second-order valence-corrected chi connectivity index (χ2v) is 4.20. The van der Waals surface area contributed by atoms with Crippen molar-refractivity contribution in [3.63, 3.8) is 0 Å². The van der Waals surface area contributed by atoms with Gasteiger partial charge >= 0.3 is 0 Å². The van der Waals surface area contributed by atoms with E-state index in [4.69, 9.17) is 11.6 Å². The van der Waals surface area contributed by atoms with Gasteiger partial charge in [-0.2, -0.15) is 0 Å². The summed E-state index contributed by atoms with van der Waals surface area (Å²) in [5.41, 5.74) is 0.566. The van der Waals surface area contributed by atoms with Crippen LogP contribution >= 0.6 is 27.5 Å². The summed E-state index contributed by atoms with van der Waals surface area (Å²) in [6.07, 6.45) is 1.000. The Kier molecular flexibility index (Phi) is 5.05. The van der Waals surface area contributed by atoms with Crippen molar-refractivity contribution in [2.45, 2.75) is 12.8 Å². The lowest BCUT2D eigenvalue weighted by Crippen LogP contribution is -2.11. The Hall–Kier alpha value is -0.610. The van der Waals surface area contributed by atoms with Gasteiger partial charge in [-0.05, 0) is 40.5 Å². The van der Waals surface area contributed by atoms with Crippen LogP contribution in [0.2, 0.25) is 0 Å². The van der Waals surface area contributed by atoms with Gasteiger partial charge in [-0.15, -0.1) is 11.6 Å². The third kappa shape index (κ3) is 4.18. The summed E-state index contributed by atoms with van der Waals surface area (Å²) in [6.45, 7) is 0. The molecule has 2 nitrogen and oxygen atoms in total. The first kappa shape index (κ1) is 12.5. The van der Waals surface area contributed by atoms with Crippen LogP contribution in [0, 0.1) is 5.82 Å². The van der Waals surface area contributed by atoms with Gasteiger partial charge in [-0.3, -0.25) is 4.79 Å². The fourth-order valence-electron chi connectivity index (χ4n) is 1.03. The highest BCUT2D eigenvalue weighted by atomic mass is 79.9. The Balaban J connectivity index is 2.60. The molecular weight excluding hydrogens is 284 g/mol. The minimum atomic E-state index is -0.347. The average molecular weight is 295 g/mol. The van der Waals surface area contributed by atoms with Gasteiger partial charge < -0.3 is 5.32 Å². The van der Waals surface area contributed by atoms with Crippen LogP contribution in [-0.4, -0.2) is 11.8 Å². The maximum atomic E-state index is 12.7. The summed E-state index contributed by atoms with van der Waals surface area (Å²) in [6, 6.07) is 4.11. The molecule has 0 heterocycles. The molecule has 0 unspecified atom stereocenters. The Morgan fingerprint density at radius 1 is 1.53 bits per heavy atom. The number of benzene rings is 1. The molecule has 0 aliphatic heterocycles. The number of carbonyl (C=O) groups is 1. The van der Waals surface area contributed by atoms with Crippen LogP contribution in [0.5, 0.6) is 0 Å². The number of amides is 1. The normalized spacial score (nSPS) is 10.1. The van der Waals surface area contributed by atoms with Crippen molar-refractivity contribution in [3.05, 3.63) is 28.5 Å². The number of hydrogen-bond acceptors (Lipinski definition) is 1. The van der Waals surface area contributed by atoms with Crippen molar-refractivity contribution in [3.8, 4) is 0 Å².